The van der Waals surface area contributed by atoms with Crippen LogP contribution >= 0.6 is 11.8 Å². The van der Waals surface area contributed by atoms with Crippen molar-refractivity contribution >= 4 is 32.8 Å². The van der Waals surface area contributed by atoms with Crippen molar-refractivity contribution in [2.24, 2.45) is 5.14 Å². The highest BCUT2D eigenvalue weighted by molar-refractivity contribution is 7.98. The van der Waals surface area contributed by atoms with Crippen LogP contribution in [-0.4, -0.2) is 28.1 Å². The van der Waals surface area contributed by atoms with Gasteiger partial charge in [0.2, 0.25) is 21.7 Å². The van der Waals surface area contributed by atoms with Crippen LogP contribution in [0.15, 0.2) is 57.0 Å². The molecule has 0 saturated carbocycles. The molecule has 2 aromatic carbocycles. The SMILES string of the molecule is CCn1c(SCc2nc(-c3ccccc3C)no2)nc2cc(S(N)(=O)=O)ccc21. The smallest absolute Gasteiger partial charge is 0.238 e. The molecule has 0 spiro atoms. The Morgan fingerprint density at radius 2 is 1.97 bits per heavy atom. The Labute approximate surface area is 172 Å². The van der Waals surface area contributed by atoms with Gasteiger partial charge >= 0.3 is 0 Å². The summed E-state index contributed by atoms with van der Waals surface area (Å²) in [6, 6.07) is 12.6. The summed E-state index contributed by atoms with van der Waals surface area (Å²) in [5.74, 6) is 1.50. The molecule has 0 bridgehead atoms. The summed E-state index contributed by atoms with van der Waals surface area (Å²) in [5.41, 5.74) is 3.43. The van der Waals surface area contributed by atoms with E-state index in [0.717, 1.165) is 21.8 Å². The van der Waals surface area contributed by atoms with Crippen molar-refractivity contribution in [2.45, 2.75) is 36.2 Å². The van der Waals surface area contributed by atoms with Gasteiger partial charge in [0.15, 0.2) is 5.16 Å². The first-order valence-corrected chi connectivity index (χ1v) is 11.4. The van der Waals surface area contributed by atoms with E-state index in [2.05, 4.69) is 15.1 Å². The van der Waals surface area contributed by atoms with Crippen molar-refractivity contribution in [3.63, 3.8) is 0 Å². The summed E-state index contributed by atoms with van der Waals surface area (Å²) in [5, 5.41) is 10.0. The number of thioether (sulfide) groups is 1. The molecule has 4 rings (SSSR count). The minimum absolute atomic E-state index is 0.0436. The Morgan fingerprint density at radius 1 is 1.17 bits per heavy atom. The molecule has 29 heavy (non-hydrogen) atoms. The molecule has 0 saturated heterocycles. The van der Waals surface area contributed by atoms with E-state index in [1.165, 1.54) is 23.9 Å². The van der Waals surface area contributed by atoms with Gasteiger partial charge in [-0.3, -0.25) is 0 Å². The first-order chi connectivity index (χ1) is 13.9. The second-order valence-corrected chi connectivity index (χ2v) is 8.95. The number of aryl methyl sites for hydroxylation is 2. The van der Waals surface area contributed by atoms with Crippen LogP contribution < -0.4 is 5.14 Å². The molecule has 0 amide bonds. The number of primary sulfonamides is 1. The number of imidazole rings is 1. The number of hydrogen-bond donors (Lipinski definition) is 1. The van der Waals surface area contributed by atoms with E-state index >= 15 is 0 Å². The number of sulfonamides is 1. The van der Waals surface area contributed by atoms with E-state index in [4.69, 9.17) is 9.66 Å². The molecule has 4 aromatic rings. The Hall–Kier alpha value is -2.69. The van der Waals surface area contributed by atoms with Gasteiger partial charge in [-0.2, -0.15) is 4.98 Å². The molecule has 8 nitrogen and oxygen atoms in total. The topological polar surface area (TPSA) is 117 Å². The predicted octanol–water partition coefficient (Wildman–Crippen LogP) is 3.35. The lowest BCUT2D eigenvalue weighted by molar-refractivity contribution is 0.391. The summed E-state index contributed by atoms with van der Waals surface area (Å²) in [4.78, 5) is 9.09. The first kappa shape index (κ1) is 19.6. The Balaban J connectivity index is 1.59. The molecule has 2 N–H and O–H groups in total. The maximum absolute atomic E-state index is 11.6. The van der Waals surface area contributed by atoms with Gasteiger partial charge in [-0.05, 0) is 37.6 Å². The minimum Gasteiger partial charge on any atom is -0.338 e. The molecule has 0 atom stereocenters. The fraction of sp³-hybridized carbons (Fsp3) is 0.211. The molecular weight excluding hydrogens is 410 g/mol. The first-order valence-electron chi connectivity index (χ1n) is 8.91. The van der Waals surface area contributed by atoms with Crippen molar-refractivity contribution in [1.29, 1.82) is 0 Å². The molecule has 0 fully saturated rings. The van der Waals surface area contributed by atoms with Gasteiger partial charge in [0, 0.05) is 12.1 Å². The van der Waals surface area contributed by atoms with Gasteiger partial charge in [-0.1, -0.05) is 41.2 Å². The number of hydrogen-bond acceptors (Lipinski definition) is 7. The zero-order valence-electron chi connectivity index (χ0n) is 15.9. The van der Waals surface area contributed by atoms with Crippen LogP contribution in [0.3, 0.4) is 0 Å². The van der Waals surface area contributed by atoms with Crippen LogP contribution in [0.25, 0.3) is 22.4 Å². The average molecular weight is 430 g/mol. The van der Waals surface area contributed by atoms with Crippen LogP contribution in [0.5, 0.6) is 0 Å². The quantitative estimate of drug-likeness (QED) is 0.467. The molecule has 0 aliphatic rings. The van der Waals surface area contributed by atoms with E-state index in [1.54, 1.807) is 6.07 Å². The minimum atomic E-state index is -3.78. The van der Waals surface area contributed by atoms with E-state index < -0.39 is 10.0 Å². The highest BCUT2D eigenvalue weighted by atomic mass is 32.2. The molecule has 150 valence electrons. The second-order valence-electron chi connectivity index (χ2n) is 6.45. The molecule has 0 unspecified atom stereocenters. The Morgan fingerprint density at radius 3 is 2.69 bits per heavy atom. The average Bonchev–Trinajstić information content (AvgIpc) is 3.29. The van der Waals surface area contributed by atoms with Gasteiger partial charge in [0.25, 0.3) is 0 Å². The van der Waals surface area contributed by atoms with Crippen LogP contribution in [0.1, 0.15) is 18.4 Å². The van der Waals surface area contributed by atoms with E-state index in [1.807, 2.05) is 42.7 Å². The number of fused-ring (bicyclic) bond motifs is 1. The summed E-state index contributed by atoms with van der Waals surface area (Å²) in [6.07, 6.45) is 0. The molecule has 0 aliphatic carbocycles. The van der Waals surface area contributed by atoms with Crippen molar-refractivity contribution in [3.8, 4) is 11.4 Å². The van der Waals surface area contributed by atoms with E-state index in [0.29, 0.717) is 29.5 Å². The van der Waals surface area contributed by atoms with Gasteiger partial charge in [-0.25, -0.2) is 18.5 Å². The van der Waals surface area contributed by atoms with Crippen LogP contribution in [-0.2, 0) is 22.3 Å². The molecule has 2 heterocycles. The summed E-state index contributed by atoms with van der Waals surface area (Å²) in [7, 11) is -3.78. The largest absolute Gasteiger partial charge is 0.338 e. The lowest BCUT2D eigenvalue weighted by atomic mass is 10.1. The monoisotopic (exact) mass is 429 g/mol. The highest BCUT2D eigenvalue weighted by Gasteiger charge is 2.16. The van der Waals surface area contributed by atoms with Crippen LogP contribution in [0, 0.1) is 6.92 Å². The third-order valence-corrected chi connectivity index (χ3v) is 6.38. The standard InChI is InChI=1S/C19H19N5O3S2/c1-3-24-16-9-8-13(29(20,25)26)10-15(16)21-19(24)28-11-17-22-18(23-27-17)14-7-5-4-6-12(14)2/h4-10H,3,11H2,1-2H3,(H2,20,25,26). The zero-order valence-corrected chi connectivity index (χ0v) is 17.5. The van der Waals surface area contributed by atoms with Crippen LogP contribution in [0.4, 0.5) is 0 Å². The molecule has 0 radical (unpaired) electrons. The third-order valence-electron chi connectivity index (χ3n) is 4.51. The van der Waals surface area contributed by atoms with Crippen molar-refractivity contribution < 1.29 is 12.9 Å². The van der Waals surface area contributed by atoms with Crippen molar-refractivity contribution in [1.82, 2.24) is 19.7 Å². The fourth-order valence-corrected chi connectivity index (χ4v) is 4.50. The number of rotatable bonds is 6. The molecule has 0 aliphatic heterocycles. The second kappa shape index (κ2) is 7.62. The number of benzene rings is 2. The molecule has 10 heteroatoms. The fourth-order valence-electron chi connectivity index (χ4n) is 3.05. The third kappa shape index (κ3) is 3.91. The van der Waals surface area contributed by atoms with Crippen molar-refractivity contribution in [3.05, 3.63) is 53.9 Å². The van der Waals surface area contributed by atoms with Crippen LogP contribution in [0.2, 0.25) is 0 Å². The summed E-state index contributed by atoms with van der Waals surface area (Å²) >= 11 is 1.45. The Bertz CT molecular complexity index is 1290. The van der Waals surface area contributed by atoms with Gasteiger partial charge in [0.05, 0.1) is 21.7 Å². The van der Waals surface area contributed by atoms with E-state index in [9.17, 15) is 8.42 Å². The lowest BCUT2D eigenvalue weighted by Crippen LogP contribution is -2.11. The van der Waals surface area contributed by atoms with E-state index in [-0.39, 0.29) is 4.90 Å². The number of aromatic nitrogens is 4. The van der Waals surface area contributed by atoms with Gasteiger partial charge < -0.3 is 9.09 Å². The normalized spacial score (nSPS) is 12.0. The highest BCUT2D eigenvalue weighted by Crippen LogP contribution is 2.28. The maximum atomic E-state index is 11.6. The summed E-state index contributed by atoms with van der Waals surface area (Å²) in [6.45, 7) is 4.69. The lowest BCUT2D eigenvalue weighted by Gasteiger charge is -2.04. The Kier molecular flexibility index (Phi) is 5.15. The van der Waals surface area contributed by atoms with Gasteiger partial charge in [-0.15, -0.1) is 0 Å². The number of nitrogens with two attached hydrogens (primary N) is 1. The number of nitrogens with zero attached hydrogens (tertiary/aromatic N) is 4. The molecular formula is C19H19N5O3S2. The zero-order chi connectivity index (χ0) is 20.6. The molecule has 2 aromatic heterocycles. The van der Waals surface area contributed by atoms with Gasteiger partial charge in [0.1, 0.15) is 0 Å². The predicted molar refractivity (Wildman–Crippen MR) is 111 cm³/mol. The maximum Gasteiger partial charge on any atom is 0.238 e. The summed E-state index contributed by atoms with van der Waals surface area (Å²) < 4.78 is 30.6. The van der Waals surface area contributed by atoms with Crippen molar-refractivity contribution in [2.75, 3.05) is 0 Å².